The van der Waals surface area contributed by atoms with Crippen molar-refractivity contribution >= 4 is 39.5 Å². The first kappa shape index (κ1) is 26.9. The van der Waals surface area contributed by atoms with Gasteiger partial charge in [-0.05, 0) is 71.7 Å². The molecular weight excluding hydrogens is 508 g/mol. The molecular formula is C26H27ClO6S2. The number of ether oxygens (including phenoxy) is 1. The van der Waals surface area contributed by atoms with Gasteiger partial charge in [0.1, 0.15) is 16.7 Å². The van der Waals surface area contributed by atoms with Crippen LogP contribution in [0.1, 0.15) is 16.7 Å². The monoisotopic (exact) mass is 534 g/mol. The Bertz CT molecular complexity index is 1190. The molecule has 1 N–H and O–H groups in total. The smallest absolute Gasteiger partial charge is 0.316 e. The van der Waals surface area contributed by atoms with Gasteiger partial charge < -0.3 is 14.0 Å². The lowest BCUT2D eigenvalue weighted by Crippen LogP contribution is -2.20. The van der Waals surface area contributed by atoms with Gasteiger partial charge in [-0.1, -0.05) is 48.0 Å². The summed E-state index contributed by atoms with van der Waals surface area (Å²) in [6.07, 6.45) is 2.92. The zero-order valence-corrected chi connectivity index (χ0v) is 21.6. The quantitative estimate of drug-likeness (QED) is 0.299. The summed E-state index contributed by atoms with van der Waals surface area (Å²) in [5.41, 5.74) is 3.19. The highest BCUT2D eigenvalue weighted by Gasteiger charge is 2.18. The molecule has 9 heteroatoms. The highest BCUT2D eigenvalue weighted by Crippen LogP contribution is 2.21. The number of carboxylic acids is 1. The van der Waals surface area contributed by atoms with Crippen LogP contribution in [0.15, 0.2) is 72.8 Å². The van der Waals surface area contributed by atoms with Gasteiger partial charge in [0.15, 0.2) is 0 Å². The van der Waals surface area contributed by atoms with Gasteiger partial charge in [-0.3, -0.25) is 4.79 Å². The maximum absolute atomic E-state index is 11.7. The number of carbonyl (C=O) groups is 1. The van der Waals surface area contributed by atoms with Crippen molar-refractivity contribution in [2.24, 2.45) is 0 Å². The Morgan fingerprint density at radius 1 is 0.886 bits per heavy atom. The zero-order chi connectivity index (χ0) is 25.3. The second kappa shape index (κ2) is 12.9. The normalized spacial score (nSPS) is 12.2. The second-order valence-electron chi connectivity index (χ2n) is 7.95. The van der Waals surface area contributed by atoms with Crippen molar-refractivity contribution in [3.63, 3.8) is 0 Å². The summed E-state index contributed by atoms with van der Waals surface area (Å²) in [6.45, 7) is 0.448. The number of benzene rings is 3. The van der Waals surface area contributed by atoms with Crippen molar-refractivity contribution in [3.8, 4) is 11.5 Å². The Balaban J connectivity index is 1.43. The minimum Gasteiger partial charge on any atom is -0.493 e. The lowest BCUT2D eigenvalue weighted by atomic mass is 10.1. The fraction of sp³-hybridized carbons (Fsp3) is 0.269. The van der Waals surface area contributed by atoms with Gasteiger partial charge in [0.05, 0.1) is 12.9 Å². The Morgan fingerprint density at radius 2 is 1.43 bits per heavy atom. The van der Waals surface area contributed by atoms with Gasteiger partial charge in [0, 0.05) is 11.4 Å². The molecule has 0 saturated carbocycles. The Kier molecular flexibility index (Phi) is 9.89. The molecule has 3 aromatic rings. The Labute approximate surface area is 215 Å². The van der Waals surface area contributed by atoms with Gasteiger partial charge in [-0.2, -0.15) is 8.42 Å². The first-order valence-electron chi connectivity index (χ1n) is 11.0. The maximum atomic E-state index is 11.7. The Morgan fingerprint density at radius 3 is 2.03 bits per heavy atom. The molecule has 0 radical (unpaired) electrons. The van der Waals surface area contributed by atoms with E-state index in [1.807, 2.05) is 48.5 Å². The number of aliphatic carboxylic acids is 1. The van der Waals surface area contributed by atoms with E-state index in [2.05, 4.69) is 0 Å². The third-order valence-electron chi connectivity index (χ3n) is 5.07. The van der Waals surface area contributed by atoms with Crippen LogP contribution in [-0.2, 0) is 34.2 Å². The van der Waals surface area contributed by atoms with Crippen molar-refractivity contribution in [1.82, 2.24) is 0 Å². The van der Waals surface area contributed by atoms with Crippen molar-refractivity contribution in [3.05, 3.63) is 94.5 Å². The highest BCUT2D eigenvalue weighted by atomic mass is 35.5. The number of halogens is 1. The van der Waals surface area contributed by atoms with E-state index in [1.165, 1.54) is 23.9 Å². The summed E-state index contributed by atoms with van der Waals surface area (Å²) < 4.78 is 32.8. The first-order valence-corrected chi connectivity index (χ1v) is 14.2. The van der Waals surface area contributed by atoms with Gasteiger partial charge in [0.25, 0.3) is 0 Å². The minimum absolute atomic E-state index is 0.234. The van der Waals surface area contributed by atoms with E-state index in [1.54, 1.807) is 12.1 Å². The average molecular weight is 535 g/mol. The number of aryl methyl sites for hydroxylation is 1. The molecule has 0 aromatic heterocycles. The number of hydrogen-bond donors (Lipinski definition) is 1. The van der Waals surface area contributed by atoms with E-state index in [9.17, 15) is 18.3 Å². The number of hydrogen-bond acceptors (Lipinski definition) is 6. The van der Waals surface area contributed by atoms with E-state index in [0.29, 0.717) is 30.2 Å². The maximum Gasteiger partial charge on any atom is 0.316 e. The molecule has 35 heavy (non-hydrogen) atoms. The molecule has 6 nitrogen and oxygen atoms in total. The predicted molar refractivity (Wildman–Crippen MR) is 140 cm³/mol. The second-order valence-corrected chi connectivity index (χ2v) is 11.3. The SMILES string of the molecule is CS(=O)(=O)Oc1ccc(OCCc2ccc(C[C@H](SCCc3ccc(Cl)cc3)C(=O)O)cc2)cc1. The number of thioether (sulfide) groups is 1. The molecule has 0 heterocycles. The molecule has 0 amide bonds. The summed E-state index contributed by atoms with van der Waals surface area (Å²) in [4.78, 5) is 11.7. The molecule has 0 aliphatic rings. The molecule has 0 saturated heterocycles. The van der Waals surface area contributed by atoms with Crippen LogP contribution >= 0.6 is 23.4 Å². The fourth-order valence-corrected chi connectivity index (χ4v) is 4.97. The van der Waals surface area contributed by atoms with Crippen molar-refractivity contribution in [2.75, 3.05) is 18.6 Å². The van der Waals surface area contributed by atoms with Gasteiger partial charge in [0.2, 0.25) is 0 Å². The van der Waals surface area contributed by atoms with E-state index < -0.39 is 21.3 Å². The van der Waals surface area contributed by atoms with E-state index in [4.69, 9.17) is 20.5 Å². The van der Waals surface area contributed by atoms with Gasteiger partial charge in [-0.15, -0.1) is 11.8 Å². The van der Waals surface area contributed by atoms with Gasteiger partial charge in [-0.25, -0.2) is 0 Å². The third-order valence-corrected chi connectivity index (χ3v) is 7.03. The minimum atomic E-state index is -3.56. The molecule has 0 aliphatic heterocycles. The summed E-state index contributed by atoms with van der Waals surface area (Å²) in [7, 11) is -3.56. The molecule has 3 rings (SSSR count). The van der Waals surface area contributed by atoms with Crippen LogP contribution in [0.4, 0.5) is 0 Å². The van der Waals surface area contributed by atoms with Crippen LogP contribution < -0.4 is 8.92 Å². The lowest BCUT2D eigenvalue weighted by Gasteiger charge is -2.13. The first-order chi connectivity index (χ1) is 16.7. The highest BCUT2D eigenvalue weighted by molar-refractivity contribution is 8.00. The Hall–Kier alpha value is -2.68. The van der Waals surface area contributed by atoms with Crippen LogP contribution in [0.25, 0.3) is 0 Å². The van der Waals surface area contributed by atoms with Crippen molar-refractivity contribution < 1.29 is 27.2 Å². The molecule has 0 aliphatic carbocycles. The van der Waals surface area contributed by atoms with Gasteiger partial charge >= 0.3 is 16.1 Å². The molecule has 0 bridgehead atoms. The van der Waals surface area contributed by atoms with Crippen molar-refractivity contribution in [1.29, 1.82) is 0 Å². The molecule has 0 fully saturated rings. The van der Waals surface area contributed by atoms with Crippen LogP contribution in [0.2, 0.25) is 5.02 Å². The summed E-state index contributed by atoms with van der Waals surface area (Å²) in [5.74, 6) is 0.757. The van der Waals surface area contributed by atoms with Crippen LogP contribution in [0, 0.1) is 0 Å². The average Bonchev–Trinajstić information content (AvgIpc) is 2.81. The number of carboxylic acid groups (broad SMARTS) is 1. The molecule has 1 atom stereocenters. The van der Waals surface area contributed by atoms with E-state index >= 15 is 0 Å². The lowest BCUT2D eigenvalue weighted by molar-refractivity contribution is -0.136. The topological polar surface area (TPSA) is 89.9 Å². The zero-order valence-electron chi connectivity index (χ0n) is 19.2. The number of rotatable bonds is 13. The van der Waals surface area contributed by atoms with E-state index in [-0.39, 0.29) is 5.75 Å². The third kappa shape index (κ3) is 9.84. The van der Waals surface area contributed by atoms with Crippen LogP contribution in [-0.4, -0.2) is 43.4 Å². The predicted octanol–water partition coefficient (Wildman–Crippen LogP) is 5.27. The summed E-state index contributed by atoms with van der Waals surface area (Å²) in [5, 5.41) is 9.81. The molecule has 186 valence electrons. The van der Waals surface area contributed by atoms with Crippen LogP contribution in [0.3, 0.4) is 0 Å². The molecule has 3 aromatic carbocycles. The van der Waals surface area contributed by atoms with Crippen LogP contribution in [0.5, 0.6) is 11.5 Å². The fourth-order valence-electron chi connectivity index (χ4n) is 3.30. The summed E-state index contributed by atoms with van der Waals surface area (Å²) >= 11 is 7.36. The van der Waals surface area contributed by atoms with E-state index in [0.717, 1.165) is 35.1 Å². The molecule has 0 spiro atoms. The van der Waals surface area contributed by atoms with Crippen molar-refractivity contribution in [2.45, 2.75) is 24.5 Å². The largest absolute Gasteiger partial charge is 0.493 e. The summed E-state index contributed by atoms with van der Waals surface area (Å²) in [6, 6.07) is 21.9. The molecule has 0 unspecified atom stereocenters. The standard InChI is InChI=1S/C26H27ClO6S2/c1-35(30,31)33-24-12-10-23(11-13-24)32-16-14-19-2-4-21(5-3-19)18-25(26(28)29)34-17-15-20-6-8-22(27)9-7-20/h2-13,25H,14-18H2,1H3,(H,28,29)/t25-/m0/s1.